The zero-order chi connectivity index (χ0) is 14.1. The zero-order valence-electron chi connectivity index (χ0n) is 11.6. The van der Waals surface area contributed by atoms with Gasteiger partial charge in [-0.1, -0.05) is 6.92 Å². The van der Waals surface area contributed by atoms with Gasteiger partial charge in [-0.15, -0.1) is 11.3 Å². The van der Waals surface area contributed by atoms with Crippen molar-refractivity contribution in [2.75, 3.05) is 36.9 Å². The molecular formula is C13H17N5OS. The second-order valence-electron chi connectivity index (χ2n) is 4.68. The molecule has 0 saturated carbocycles. The molecule has 0 spiro atoms. The van der Waals surface area contributed by atoms with E-state index < -0.39 is 0 Å². The van der Waals surface area contributed by atoms with E-state index in [1.807, 2.05) is 11.9 Å². The number of anilines is 2. The Morgan fingerprint density at radius 3 is 3.05 bits per heavy atom. The number of hydrogen-bond donors (Lipinski definition) is 2. The van der Waals surface area contributed by atoms with Crippen LogP contribution in [0.2, 0.25) is 0 Å². The quantitative estimate of drug-likeness (QED) is 0.890. The van der Waals surface area contributed by atoms with E-state index in [4.69, 9.17) is 0 Å². The lowest BCUT2D eigenvalue weighted by atomic mass is 10.2. The van der Waals surface area contributed by atoms with Gasteiger partial charge in [-0.3, -0.25) is 4.79 Å². The molecule has 1 fully saturated rings. The molecule has 0 aromatic carbocycles. The van der Waals surface area contributed by atoms with Crippen molar-refractivity contribution in [3.8, 4) is 0 Å². The molecule has 20 heavy (non-hydrogen) atoms. The summed E-state index contributed by atoms with van der Waals surface area (Å²) in [6, 6.07) is 2.14. The van der Waals surface area contributed by atoms with Crippen LogP contribution < -0.4 is 15.5 Å². The summed E-state index contributed by atoms with van der Waals surface area (Å²) in [6.07, 6.45) is 0.982. The molecule has 7 heteroatoms. The highest BCUT2D eigenvalue weighted by Crippen LogP contribution is 2.32. The number of carbonyl (C=O) groups excluding carboxylic acids is 1. The molecule has 2 N–H and O–H groups in total. The third-order valence-corrected chi connectivity index (χ3v) is 4.51. The topological polar surface area (TPSA) is 70.2 Å². The van der Waals surface area contributed by atoms with Gasteiger partial charge < -0.3 is 15.5 Å². The van der Waals surface area contributed by atoms with E-state index in [1.165, 1.54) is 4.88 Å². The van der Waals surface area contributed by atoms with Crippen LogP contribution in [0.5, 0.6) is 0 Å². The smallest absolute Gasteiger partial charge is 0.239 e. The molecular weight excluding hydrogens is 274 g/mol. The molecule has 3 heterocycles. The standard InChI is InChI=1S/C13H17N5OS/c1-3-8-6-9-11(18-5-4-15-10(19)7-18)16-13(14-2)17-12(9)20-8/h6H,3-5,7H2,1-2H3,(H,15,19)(H,14,16,17). The largest absolute Gasteiger partial charge is 0.357 e. The molecule has 6 nitrogen and oxygen atoms in total. The number of nitrogens with one attached hydrogen (secondary N) is 2. The molecule has 106 valence electrons. The van der Waals surface area contributed by atoms with Crippen LogP contribution in [0.4, 0.5) is 11.8 Å². The molecule has 0 bridgehead atoms. The highest BCUT2D eigenvalue weighted by atomic mass is 32.1. The first-order chi connectivity index (χ1) is 9.71. The molecule has 0 radical (unpaired) electrons. The minimum atomic E-state index is 0.0416. The number of hydrogen-bond acceptors (Lipinski definition) is 6. The van der Waals surface area contributed by atoms with Crippen molar-refractivity contribution in [1.29, 1.82) is 0 Å². The lowest BCUT2D eigenvalue weighted by Crippen LogP contribution is -2.48. The summed E-state index contributed by atoms with van der Waals surface area (Å²) in [7, 11) is 1.81. The first-order valence-corrected chi connectivity index (χ1v) is 7.52. The normalized spacial score (nSPS) is 15.5. The Morgan fingerprint density at radius 1 is 1.50 bits per heavy atom. The molecule has 1 aliphatic rings. The second kappa shape index (κ2) is 5.24. The lowest BCUT2D eigenvalue weighted by Gasteiger charge is -2.28. The molecule has 0 unspecified atom stereocenters. The van der Waals surface area contributed by atoms with E-state index in [0.29, 0.717) is 19.0 Å². The number of piperazine rings is 1. The maximum absolute atomic E-state index is 11.6. The monoisotopic (exact) mass is 291 g/mol. The van der Waals surface area contributed by atoms with Crippen molar-refractivity contribution >= 4 is 39.2 Å². The van der Waals surface area contributed by atoms with Gasteiger partial charge in [0.05, 0.1) is 11.9 Å². The third-order valence-electron chi connectivity index (χ3n) is 3.33. The SMILES string of the molecule is CCc1cc2c(N3CCNC(=O)C3)nc(NC)nc2s1. The minimum Gasteiger partial charge on any atom is -0.357 e. The van der Waals surface area contributed by atoms with Gasteiger partial charge >= 0.3 is 0 Å². The van der Waals surface area contributed by atoms with E-state index >= 15 is 0 Å². The molecule has 2 aromatic rings. The second-order valence-corrected chi connectivity index (χ2v) is 5.79. The zero-order valence-corrected chi connectivity index (χ0v) is 12.4. The number of nitrogens with zero attached hydrogens (tertiary/aromatic N) is 3. The van der Waals surface area contributed by atoms with Crippen molar-refractivity contribution < 1.29 is 4.79 Å². The van der Waals surface area contributed by atoms with E-state index in [0.717, 1.165) is 29.0 Å². The number of thiophene rings is 1. The van der Waals surface area contributed by atoms with Gasteiger partial charge in [-0.25, -0.2) is 4.98 Å². The number of amides is 1. The number of carbonyl (C=O) groups is 1. The average Bonchev–Trinajstić information content (AvgIpc) is 2.89. The van der Waals surface area contributed by atoms with Gasteiger partial charge in [0.2, 0.25) is 11.9 Å². The van der Waals surface area contributed by atoms with Crippen LogP contribution in [0, 0.1) is 0 Å². The minimum absolute atomic E-state index is 0.0416. The van der Waals surface area contributed by atoms with Gasteiger partial charge in [0.25, 0.3) is 0 Å². The van der Waals surface area contributed by atoms with Gasteiger partial charge in [0.1, 0.15) is 10.6 Å². The molecule has 1 saturated heterocycles. The molecule has 2 aromatic heterocycles. The summed E-state index contributed by atoms with van der Waals surface area (Å²) in [6.45, 7) is 3.92. The Bertz CT molecular complexity index is 653. The fraction of sp³-hybridized carbons (Fsp3) is 0.462. The summed E-state index contributed by atoms with van der Waals surface area (Å²) >= 11 is 1.69. The first kappa shape index (κ1) is 13.1. The molecule has 0 atom stereocenters. The van der Waals surface area contributed by atoms with E-state index in [9.17, 15) is 4.79 Å². The molecule has 3 rings (SSSR count). The van der Waals surface area contributed by atoms with Crippen LogP contribution in [0.25, 0.3) is 10.2 Å². The van der Waals surface area contributed by atoms with Crippen LogP contribution in [0.3, 0.4) is 0 Å². The number of aromatic nitrogens is 2. The van der Waals surface area contributed by atoms with Crippen LogP contribution in [-0.4, -0.2) is 42.6 Å². The van der Waals surface area contributed by atoms with Crippen molar-refractivity contribution in [3.05, 3.63) is 10.9 Å². The average molecular weight is 291 g/mol. The fourth-order valence-electron chi connectivity index (χ4n) is 2.30. The van der Waals surface area contributed by atoms with Gasteiger partial charge in [-0.2, -0.15) is 4.98 Å². The Morgan fingerprint density at radius 2 is 2.35 bits per heavy atom. The third kappa shape index (κ3) is 2.29. The maximum Gasteiger partial charge on any atom is 0.239 e. The van der Waals surface area contributed by atoms with Gasteiger partial charge in [0.15, 0.2) is 0 Å². The Kier molecular flexibility index (Phi) is 3.43. The van der Waals surface area contributed by atoms with Crippen LogP contribution in [0.15, 0.2) is 6.07 Å². The summed E-state index contributed by atoms with van der Waals surface area (Å²) in [5.74, 6) is 1.49. The van der Waals surface area contributed by atoms with Crippen molar-refractivity contribution in [2.45, 2.75) is 13.3 Å². The van der Waals surface area contributed by atoms with Crippen LogP contribution >= 0.6 is 11.3 Å². The predicted octanol–water partition coefficient (Wildman–Crippen LogP) is 1.23. The van der Waals surface area contributed by atoms with Crippen molar-refractivity contribution in [3.63, 3.8) is 0 Å². The fourth-order valence-corrected chi connectivity index (χ4v) is 3.26. The molecule has 1 amide bonds. The van der Waals surface area contributed by atoms with E-state index in [2.05, 4.69) is 33.6 Å². The number of aryl methyl sites for hydroxylation is 1. The summed E-state index contributed by atoms with van der Waals surface area (Å²) < 4.78 is 0. The highest BCUT2D eigenvalue weighted by molar-refractivity contribution is 7.18. The Labute approximate surface area is 121 Å². The summed E-state index contributed by atoms with van der Waals surface area (Å²) in [4.78, 5) is 24.9. The van der Waals surface area contributed by atoms with Crippen molar-refractivity contribution in [2.24, 2.45) is 0 Å². The lowest BCUT2D eigenvalue weighted by molar-refractivity contribution is -0.120. The maximum atomic E-state index is 11.6. The Balaban J connectivity index is 2.11. The Hall–Kier alpha value is -1.89. The van der Waals surface area contributed by atoms with Crippen LogP contribution in [0.1, 0.15) is 11.8 Å². The van der Waals surface area contributed by atoms with Gasteiger partial charge in [0, 0.05) is 25.0 Å². The van der Waals surface area contributed by atoms with E-state index in [-0.39, 0.29) is 5.91 Å². The van der Waals surface area contributed by atoms with Crippen molar-refractivity contribution in [1.82, 2.24) is 15.3 Å². The van der Waals surface area contributed by atoms with Crippen LogP contribution in [-0.2, 0) is 11.2 Å². The molecule has 1 aliphatic heterocycles. The summed E-state index contributed by atoms with van der Waals surface area (Å²) in [5, 5.41) is 6.87. The number of fused-ring (bicyclic) bond motifs is 1. The number of rotatable bonds is 3. The predicted molar refractivity (Wildman–Crippen MR) is 81.6 cm³/mol. The summed E-state index contributed by atoms with van der Waals surface area (Å²) in [5.41, 5.74) is 0. The van der Waals surface area contributed by atoms with E-state index in [1.54, 1.807) is 11.3 Å². The van der Waals surface area contributed by atoms with Gasteiger partial charge in [-0.05, 0) is 12.5 Å². The highest BCUT2D eigenvalue weighted by Gasteiger charge is 2.21. The first-order valence-electron chi connectivity index (χ1n) is 6.71. The molecule has 0 aliphatic carbocycles.